The molecule has 0 saturated carbocycles. The third-order valence-electron chi connectivity index (χ3n) is 2.30. The van der Waals surface area contributed by atoms with Gasteiger partial charge in [-0.1, -0.05) is 30.3 Å². The molecule has 1 nitrogen and oxygen atoms in total. The standard InChI is InChI=1S/C12H13N.C2H4/c1-10-12(7-8-13-10)9-11-5-3-2-4-6-11;1-2/h2-8,13H,9H2,1H3;1-2H2. The topological polar surface area (TPSA) is 15.8 Å². The van der Waals surface area contributed by atoms with Crippen molar-refractivity contribution < 1.29 is 0 Å². The molecule has 0 atom stereocenters. The summed E-state index contributed by atoms with van der Waals surface area (Å²) in [6.07, 6.45) is 3.02. The number of hydrogen-bond donors (Lipinski definition) is 1. The van der Waals surface area contributed by atoms with Gasteiger partial charge < -0.3 is 4.98 Å². The van der Waals surface area contributed by atoms with Gasteiger partial charge in [-0.25, -0.2) is 0 Å². The maximum absolute atomic E-state index is 3.19. The van der Waals surface area contributed by atoms with Gasteiger partial charge in [0.25, 0.3) is 0 Å². The van der Waals surface area contributed by atoms with Gasteiger partial charge in [0.1, 0.15) is 0 Å². The van der Waals surface area contributed by atoms with Gasteiger partial charge in [-0.3, -0.25) is 0 Å². The number of benzene rings is 1. The van der Waals surface area contributed by atoms with E-state index >= 15 is 0 Å². The van der Waals surface area contributed by atoms with E-state index in [-0.39, 0.29) is 0 Å². The van der Waals surface area contributed by atoms with Crippen LogP contribution in [0.15, 0.2) is 55.8 Å². The van der Waals surface area contributed by atoms with E-state index in [1.54, 1.807) is 0 Å². The summed E-state index contributed by atoms with van der Waals surface area (Å²) in [5, 5.41) is 0. The lowest BCUT2D eigenvalue weighted by Gasteiger charge is -1.99. The first-order valence-electron chi connectivity index (χ1n) is 5.03. The molecule has 1 heteroatoms. The second-order valence-corrected chi connectivity index (χ2v) is 3.29. The number of hydrogen-bond acceptors (Lipinski definition) is 0. The van der Waals surface area contributed by atoms with Gasteiger partial charge in [-0.05, 0) is 30.5 Å². The van der Waals surface area contributed by atoms with Crippen molar-refractivity contribution >= 4 is 0 Å². The van der Waals surface area contributed by atoms with Crippen LogP contribution in [0, 0.1) is 6.92 Å². The quantitative estimate of drug-likeness (QED) is 0.709. The lowest BCUT2D eigenvalue weighted by molar-refractivity contribution is 1.14. The Balaban J connectivity index is 0.000000531. The second-order valence-electron chi connectivity index (χ2n) is 3.29. The molecule has 78 valence electrons. The minimum absolute atomic E-state index is 1.02. The molecule has 0 radical (unpaired) electrons. The predicted molar refractivity (Wildman–Crippen MR) is 66.0 cm³/mol. The number of aromatic amines is 1. The van der Waals surface area contributed by atoms with Crippen LogP contribution in [0.1, 0.15) is 16.8 Å². The van der Waals surface area contributed by atoms with Crippen LogP contribution in [0.3, 0.4) is 0 Å². The minimum atomic E-state index is 1.02. The Bertz CT molecular complexity index is 387. The van der Waals surface area contributed by atoms with Crippen LogP contribution in [0.4, 0.5) is 0 Å². The Morgan fingerprint density at radius 3 is 2.27 bits per heavy atom. The molecule has 1 heterocycles. The molecule has 15 heavy (non-hydrogen) atoms. The molecular formula is C14H17N. The maximum atomic E-state index is 3.19. The van der Waals surface area contributed by atoms with E-state index in [9.17, 15) is 0 Å². The number of rotatable bonds is 2. The number of H-pyrrole nitrogens is 1. The fourth-order valence-corrected chi connectivity index (χ4v) is 1.49. The summed E-state index contributed by atoms with van der Waals surface area (Å²) in [6.45, 7) is 8.11. The summed E-state index contributed by atoms with van der Waals surface area (Å²) >= 11 is 0. The summed E-state index contributed by atoms with van der Waals surface area (Å²) < 4.78 is 0. The van der Waals surface area contributed by atoms with Gasteiger partial charge >= 0.3 is 0 Å². The molecule has 1 N–H and O–H groups in total. The van der Waals surface area contributed by atoms with Gasteiger partial charge in [0.15, 0.2) is 0 Å². The molecule has 2 aromatic rings. The first kappa shape index (κ1) is 11.3. The van der Waals surface area contributed by atoms with Crippen LogP contribution < -0.4 is 0 Å². The van der Waals surface area contributed by atoms with E-state index in [4.69, 9.17) is 0 Å². The molecule has 2 rings (SSSR count). The zero-order valence-electron chi connectivity index (χ0n) is 9.16. The fourth-order valence-electron chi connectivity index (χ4n) is 1.49. The van der Waals surface area contributed by atoms with E-state index < -0.39 is 0 Å². The van der Waals surface area contributed by atoms with Crippen molar-refractivity contribution in [2.75, 3.05) is 0 Å². The van der Waals surface area contributed by atoms with Gasteiger partial charge in [-0.2, -0.15) is 0 Å². The van der Waals surface area contributed by atoms with Gasteiger partial charge in [-0.15, -0.1) is 13.2 Å². The number of aryl methyl sites for hydroxylation is 1. The molecule has 0 spiro atoms. The molecule has 0 aliphatic heterocycles. The monoisotopic (exact) mass is 199 g/mol. The van der Waals surface area contributed by atoms with Gasteiger partial charge in [0, 0.05) is 11.9 Å². The van der Waals surface area contributed by atoms with Crippen LogP contribution >= 0.6 is 0 Å². The summed E-state index contributed by atoms with van der Waals surface area (Å²) in [6, 6.07) is 12.7. The van der Waals surface area contributed by atoms with Gasteiger partial charge in [0.2, 0.25) is 0 Å². The van der Waals surface area contributed by atoms with Crippen molar-refractivity contribution in [2.45, 2.75) is 13.3 Å². The van der Waals surface area contributed by atoms with Crippen LogP contribution in [-0.2, 0) is 6.42 Å². The highest BCUT2D eigenvalue weighted by molar-refractivity contribution is 5.28. The third-order valence-corrected chi connectivity index (χ3v) is 2.30. The van der Waals surface area contributed by atoms with Crippen molar-refractivity contribution in [3.05, 3.63) is 72.6 Å². The number of aromatic nitrogens is 1. The molecule has 0 unspecified atom stereocenters. The molecule has 0 fully saturated rings. The SMILES string of the molecule is C=C.Cc1[nH]ccc1Cc1ccccc1. The predicted octanol–water partition coefficient (Wildman–Crippen LogP) is 3.72. The largest absolute Gasteiger partial charge is 0.365 e. The summed E-state index contributed by atoms with van der Waals surface area (Å²) in [5.41, 5.74) is 4.01. The molecule has 1 aromatic heterocycles. The van der Waals surface area contributed by atoms with Crippen LogP contribution in [0.25, 0.3) is 0 Å². The normalized spacial score (nSPS) is 9.13. The van der Waals surface area contributed by atoms with E-state index in [0.29, 0.717) is 0 Å². The Morgan fingerprint density at radius 2 is 1.73 bits per heavy atom. The van der Waals surface area contributed by atoms with Crippen LogP contribution in [0.5, 0.6) is 0 Å². The highest BCUT2D eigenvalue weighted by atomic mass is 14.7. The first-order chi connectivity index (χ1) is 7.36. The van der Waals surface area contributed by atoms with Crippen LogP contribution in [-0.4, -0.2) is 4.98 Å². The lowest BCUT2D eigenvalue weighted by atomic mass is 10.1. The summed E-state index contributed by atoms with van der Waals surface area (Å²) in [4.78, 5) is 3.19. The third kappa shape index (κ3) is 3.13. The fraction of sp³-hybridized carbons (Fsp3) is 0.143. The number of nitrogens with one attached hydrogen (secondary N) is 1. The molecule has 1 aromatic carbocycles. The highest BCUT2D eigenvalue weighted by Crippen LogP contribution is 2.11. The molecule has 0 saturated heterocycles. The average molecular weight is 199 g/mol. The Labute approximate surface area is 91.5 Å². The molecular weight excluding hydrogens is 182 g/mol. The second kappa shape index (κ2) is 5.86. The Morgan fingerprint density at radius 1 is 1.07 bits per heavy atom. The van der Waals surface area contributed by atoms with E-state index in [1.807, 2.05) is 12.3 Å². The van der Waals surface area contributed by atoms with Crippen molar-refractivity contribution in [1.29, 1.82) is 0 Å². The van der Waals surface area contributed by atoms with Crippen molar-refractivity contribution in [3.8, 4) is 0 Å². The smallest absolute Gasteiger partial charge is 0.0151 e. The molecule has 0 aliphatic carbocycles. The zero-order valence-corrected chi connectivity index (χ0v) is 9.16. The summed E-state index contributed by atoms with van der Waals surface area (Å²) in [5.74, 6) is 0. The highest BCUT2D eigenvalue weighted by Gasteiger charge is 1.99. The molecule has 0 amide bonds. The Kier molecular flexibility index (Phi) is 4.42. The van der Waals surface area contributed by atoms with Crippen molar-refractivity contribution in [2.24, 2.45) is 0 Å². The average Bonchev–Trinajstić information content (AvgIpc) is 2.69. The minimum Gasteiger partial charge on any atom is -0.365 e. The summed E-state index contributed by atoms with van der Waals surface area (Å²) in [7, 11) is 0. The van der Waals surface area contributed by atoms with Gasteiger partial charge in [0.05, 0.1) is 0 Å². The molecule has 0 aliphatic rings. The van der Waals surface area contributed by atoms with E-state index in [1.165, 1.54) is 16.8 Å². The molecule has 0 bridgehead atoms. The lowest BCUT2D eigenvalue weighted by Crippen LogP contribution is -1.87. The maximum Gasteiger partial charge on any atom is 0.0151 e. The Hall–Kier alpha value is -1.76. The van der Waals surface area contributed by atoms with E-state index in [0.717, 1.165) is 6.42 Å². The van der Waals surface area contributed by atoms with Crippen molar-refractivity contribution in [1.82, 2.24) is 4.98 Å². The van der Waals surface area contributed by atoms with Crippen LogP contribution in [0.2, 0.25) is 0 Å². The van der Waals surface area contributed by atoms with Crippen molar-refractivity contribution in [3.63, 3.8) is 0 Å². The van der Waals surface area contributed by atoms with E-state index in [2.05, 4.69) is 55.4 Å². The first-order valence-corrected chi connectivity index (χ1v) is 5.03. The zero-order chi connectivity index (χ0) is 11.1.